The minimum Gasteiger partial charge on any atom is -0.388 e. The van der Waals surface area contributed by atoms with E-state index in [0.717, 1.165) is 14.5 Å². The SMILES string of the molecule is Cc1ccc(C)c(CC(O)c2ccc(Br)cc2Br)c1. The molecule has 1 unspecified atom stereocenters. The van der Waals surface area contributed by atoms with E-state index in [-0.39, 0.29) is 0 Å². The van der Waals surface area contributed by atoms with E-state index >= 15 is 0 Å². The second kappa shape index (κ2) is 6.21. The van der Waals surface area contributed by atoms with Crippen molar-refractivity contribution in [2.24, 2.45) is 0 Å². The van der Waals surface area contributed by atoms with Crippen LogP contribution in [-0.4, -0.2) is 5.11 Å². The van der Waals surface area contributed by atoms with Crippen LogP contribution in [0.15, 0.2) is 45.3 Å². The molecule has 2 rings (SSSR count). The van der Waals surface area contributed by atoms with Crippen LogP contribution < -0.4 is 0 Å². The van der Waals surface area contributed by atoms with E-state index in [1.807, 2.05) is 18.2 Å². The number of halogens is 2. The Morgan fingerprint density at radius 2 is 1.79 bits per heavy atom. The Labute approximate surface area is 130 Å². The second-order valence-electron chi connectivity index (χ2n) is 4.82. The first-order valence-electron chi connectivity index (χ1n) is 6.16. The number of aryl methyl sites for hydroxylation is 2. The predicted molar refractivity (Wildman–Crippen MR) is 86.4 cm³/mol. The van der Waals surface area contributed by atoms with Crippen LogP contribution in [-0.2, 0) is 6.42 Å². The summed E-state index contributed by atoms with van der Waals surface area (Å²) in [5.41, 5.74) is 4.56. The van der Waals surface area contributed by atoms with Crippen LogP contribution in [0.25, 0.3) is 0 Å². The molecule has 19 heavy (non-hydrogen) atoms. The van der Waals surface area contributed by atoms with Crippen molar-refractivity contribution < 1.29 is 5.11 Å². The molecule has 0 radical (unpaired) electrons. The highest BCUT2D eigenvalue weighted by molar-refractivity contribution is 9.11. The zero-order chi connectivity index (χ0) is 14.0. The number of benzene rings is 2. The van der Waals surface area contributed by atoms with Gasteiger partial charge in [0.05, 0.1) is 6.10 Å². The maximum atomic E-state index is 10.4. The molecule has 0 amide bonds. The molecule has 0 spiro atoms. The monoisotopic (exact) mass is 382 g/mol. The Hall–Kier alpha value is -0.640. The number of hydrogen-bond acceptors (Lipinski definition) is 1. The van der Waals surface area contributed by atoms with Gasteiger partial charge in [0.15, 0.2) is 0 Å². The predicted octanol–water partition coefficient (Wildman–Crippen LogP) is 5.10. The van der Waals surface area contributed by atoms with Gasteiger partial charge in [-0.3, -0.25) is 0 Å². The molecule has 0 saturated carbocycles. The van der Waals surface area contributed by atoms with Gasteiger partial charge in [0.25, 0.3) is 0 Å². The highest BCUT2D eigenvalue weighted by atomic mass is 79.9. The molecule has 100 valence electrons. The van der Waals surface area contributed by atoms with Gasteiger partial charge in [0, 0.05) is 15.4 Å². The summed E-state index contributed by atoms with van der Waals surface area (Å²) < 4.78 is 1.93. The summed E-state index contributed by atoms with van der Waals surface area (Å²) in [7, 11) is 0. The smallest absolute Gasteiger partial charge is 0.0841 e. The lowest BCUT2D eigenvalue weighted by Crippen LogP contribution is -2.04. The standard InChI is InChI=1S/C16H16Br2O/c1-10-3-4-11(2)12(7-10)8-16(19)14-6-5-13(17)9-15(14)18/h3-7,9,16,19H,8H2,1-2H3. The maximum Gasteiger partial charge on any atom is 0.0841 e. The molecule has 2 aromatic rings. The third kappa shape index (κ3) is 3.68. The fraction of sp³-hybridized carbons (Fsp3) is 0.250. The summed E-state index contributed by atoms with van der Waals surface area (Å²) in [5, 5.41) is 10.4. The van der Waals surface area contributed by atoms with Gasteiger partial charge in [0.1, 0.15) is 0 Å². The van der Waals surface area contributed by atoms with Crippen LogP contribution in [0.1, 0.15) is 28.4 Å². The highest BCUT2D eigenvalue weighted by Crippen LogP contribution is 2.29. The van der Waals surface area contributed by atoms with Crippen LogP contribution in [0, 0.1) is 13.8 Å². The van der Waals surface area contributed by atoms with Gasteiger partial charge < -0.3 is 5.11 Å². The summed E-state index contributed by atoms with van der Waals surface area (Å²) in [6.45, 7) is 4.16. The third-order valence-corrected chi connectivity index (χ3v) is 4.42. The van der Waals surface area contributed by atoms with E-state index in [0.29, 0.717) is 6.42 Å². The van der Waals surface area contributed by atoms with Crippen molar-refractivity contribution in [1.29, 1.82) is 0 Å². The van der Waals surface area contributed by atoms with Crippen molar-refractivity contribution in [3.63, 3.8) is 0 Å². The van der Waals surface area contributed by atoms with Gasteiger partial charge in [0.2, 0.25) is 0 Å². The fourth-order valence-electron chi connectivity index (χ4n) is 2.11. The molecule has 0 heterocycles. The molecule has 3 heteroatoms. The Balaban J connectivity index is 2.25. The lowest BCUT2D eigenvalue weighted by atomic mass is 9.97. The van der Waals surface area contributed by atoms with Crippen molar-refractivity contribution in [1.82, 2.24) is 0 Å². The van der Waals surface area contributed by atoms with E-state index in [9.17, 15) is 5.11 Å². The summed E-state index contributed by atoms with van der Waals surface area (Å²) >= 11 is 6.93. The summed E-state index contributed by atoms with van der Waals surface area (Å²) in [4.78, 5) is 0. The fourth-order valence-corrected chi connectivity index (χ4v) is 3.42. The number of aliphatic hydroxyl groups is 1. The van der Waals surface area contributed by atoms with Gasteiger partial charge in [-0.15, -0.1) is 0 Å². The minimum absolute atomic E-state index is 0.497. The van der Waals surface area contributed by atoms with Crippen LogP contribution in [0.4, 0.5) is 0 Å². The van der Waals surface area contributed by atoms with Crippen molar-refractivity contribution in [3.8, 4) is 0 Å². The third-order valence-electron chi connectivity index (χ3n) is 3.24. The largest absolute Gasteiger partial charge is 0.388 e. The highest BCUT2D eigenvalue weighted by Gasteiger charge is 2.13. The van der Waals surface area contributed by atoms with Crippen LogP contribution in [0.5, 0.6) is 0 Å². The van der Waals surface area contributed by atoms with Gasteiger partial charge in [-0.1, -0.05) is 61.7 Å². The Morgan fingerprint density at radius 1 is 1.05 bits per heavy atom. The molecule has 1 atom stereocenters. The number of hydrogen-bond donors (Lipinski definition) is 1. The van der Waals surface area contributed by atoms with E-state index in [1.165, 1.54) is 16.7 Å². The first-order chi connectivity index (χ1) is 8.97. The summed E-state index contributed by atoms with van der Waals surface area (Å²) in [6, 6.07) is 12.2. The Bertz CT molecular complexity index is 593. The zero-order valence-corrected chi connectivity index (χ0v) is 14.1. The van der Waals surface area contributed by atoms with E-state index in [4.69, 9.17) is 0 Å². The zero-order valence-electron chi connectivity index (χ0n) is 11.0. The summed E-state index contributed by atoms with van der Waals surface area (Å²) in [6.07, 6.45) is 0.135. The van der Waals surface area contributed by atoms with Gasteiger partial charge in [-0.2, -0.15) is 0 Å². The molecular formula is C16H16Br2O. The molecule has 0 aliphatic carbocycles. The number of rotatable bonds is 3. The van der Waals surface area contributed by atoms with Gasteiger partial charge in [-0.05, 0) is 42.7 Å². The topological polar surface area (TPSA) is 20.2 Å². The van der Waals surface area contributed by atoms with Crippen LogP contribution in [0.2, 0.25) is 0 Å². The first-order valence-corrected chi connectivity index (χ1v) is 7.75. The first kappa shape index (κ1) is 14.8. The lowest BCUT2D eigenvalue weighted by Gasteiger charge is -2.15. The van der Waals surface area contributed by atoms with Crippen molar-refractivity contribution in [3.05, 3.63) is 67.6 Å². The van der Waals surface area contributed by atoms with Crippen molar-refractivity contribution in [2.75, 3.05) is 0 Å². The molecule has 0 aliphatic rings. The van der Waals surface area contributed by atoms with Gasteiger partial charge >= 0.3 is 0 Å². The molecular weight excluding hydrogens is 368 g/mol. The molecule has 0 saturated heterocycles. The molecule has 0 bridgehead atoms. The molecule has 1 nitrogen and oxygen atoms in total. The van der Waals surface area contributed by atoms with E-state index in [1.54, 1.807) is 0 Å². The summed E-state index contributed by atoms with van der Waals surface area (Å²) in [5.74, 6) is 0. The normalized spacial score (nSPS) is 12.5. The van der Waals surface area contributed by atoms with Crippen LogP contribution >= 0.6 is 31.9 Å². The van der Waals surface area contributed by atoms with E-state index in [2.05, 4.69) is 63.9 Å². The molecule has 2 aromatic carbocycles. The average molecular weight is 384 g/mol. The van der Waals surface area contributed by atoms with Crippen molar-refractivity contribution in [2.45, 2.75) is 26.4 Å². The van der Waals surface area contributed by atoms with Crippen LogP contribution in [0.3, 0.4) is 0 Å². The number of aliphatic hydroxyl groups excluding tert-OH is 1. The van der Waals surface area contributed by atoms with E-state index < -0.39 is 6.10 Å². The maximum absolute atomic E-state index is 10.4. The van der Waals surface area contributed by atoms with Gasteiger partial charge in [-0.25, -0.2) is 0 Å². The average Bonchev–Trinajstić information content (AvgIpc) is 2.33. The molecule has 0 aromatic heterocycles. The quantitative estimate of drug-likeness (QED) is 0.781. The molecule has 1 N–H and O–H groups in total. The molecule has 0 aliphatic heterocycles. The lowest BCUT2D eigenvalue weighted by molar-refractivity contribution is 0.177. The second-order valence-corrected chi connectivity index (χ2v) is 6.59. The Morgan fingerprint density at radius 3 is 2.47 bits per heavy atom. The van der Waals surface area contributed by atoms with Crippen molar-refractivity contribution >= 4 is 31.9 Å². The molecule has 0 fully saturated rings. The minimum atomic E-state index is -0.497. The Kier molecular flexibility index (Phi) is 4.82.